The minimum Gasteiger partial charge on any atom is -0.393 e. The lowest BCUT2D eigenvalue weighted by atomic mass is 9.77. The highest BCUT2D eigenvalue weighted by Crippen LogP contribution is 2.52. The maximum Gasteiger partial charge on any atom is 0.293 e. The molecule has 3 aliphatic heterocycles. The van der Waals surface area contributed by atoms with E-state index in [1.54, 1.807) is 12.2 Å². The molecule has 3 heterocycles. The lowest BCUT2D eigenvalue weighted by Gasteiger charge is -2.26. The quantitative estimate of drug-likeness (QED) is 0.374. The van der Waals surface area contributed by atoms with Crippen LogP contribution in [0.3, 0.4) is 0 Å². The van der Waals surface area contributed by atoms with E-state index in [1.165, 1.54) is 24.3 Å². The van der Waals surface area contributed by atoms with Crippen LogP contribution >= 0.6 is 0 Å². The number of fused-ring (bicyclic) bond motifs is 5. The van der Waals surface area contributed by atoms with E-state index in [0.29, 0.717) is 0 Å². The van der Waals surface area contributed by atoms with Crippen molar-refractivity contribution in [2.75, 3.05) is 11.5 Å². The summed E-state index contributed by atoms with van der Waals surface area (Å²) in [5.41, 5.74) is -1.57. The Bertz CT molecular complexity index is 775. The molecule has 0 aromatic heterocycles. The highest BCUT2D eigenvalue weighted by Gasteiger charge is 2.68. The second kappa shape index (κ2) is 4.46. The number of nitrogens with zero attached hydrogens (tertiary/aromatic N) is 2. The summed E-state index contributed by atoms with van der Waals surface area (Å²) in [6.07, 6.45) is 2.68. The molecule has 23 heavy (non-hydrogen) atoms. The second-order valence-corrected chi connectivity index (χ2v) is 5.82. The van der Waals surface area contributed by atoms with Crippen molar-refractivity contribution in [2.24, 2.45) is 11.8 Å². The van der Waals surface area contributed by atoms with E-state index in [4.69, 9.17) is 4.74 Å². The van der Waals surface area contributed by atoms with Crippen LogP contribution in [0.2, 0.25) is 0 Å². The number of hydrogen-bond donors (Lipinski definition) is 1. The van der Waals surface area contributed by atoms with Crippen LogP contribution in [-0.2, 0) is 14.3 Å². The van der Waals surface area contributed by atoms with E-state index >= 15 is 0 Å². The van der Waals surface area contributed by atoms with Crippen LogP contribution in [0.15, 0.2) is 36.4 Å². The van der Waals surface area contributed by atoms with Gasteiger partial charge in [0, 0.05) is 6.07 Å². The zero-order valence-electron chi connectivity index (χ0n) is 11.8. The van der Waals surface area contributed by atoms with Crippen molar-refractivity contribution in [3.8, 4) is 0 Å². The number of carbonyl (C=O) groups excluding carboxylic acids is 2. The van der Waals surface area contributed by atoms with Gasteiger partial charge in [0.15, 0.2) is 0 Å². The average Bonchev–Trinajstić information content (AvgIpc) is 3.18. The number of hydrogen-bond acceptors (Lipinski definition) is 6. The minimum atomic E-state index is -1.21. The van der Waals surface area contributed by atoms with Crippen LogP contribution in [-0.4, -0.2) is 40.2 Å². The van der Waals surface area contributed by atoms with E-state index in [0.717, 1.165) is 4.90 Å². The molecule has 0 spiro atoms. The summed E-state index contributed by atoms with van der Waals surface area (Å²) in [6, 6.07) is 5.62. The van der Waals surface area contributed by atoms with E-state index in [9.17, 15) is 24.8 Å². The average molecular weight is 316 g/mol. The number of para-hydroxylation sites is 2. The molecule has 1 N–H and O–H groups in total. The molecule has 8 nitrogen and oxygen atoms in total. The number of amides is 2. The number of carbonyl (C=O) groups is 2. The van der Waals surface area contributed by atoms with E-state index in [-0.39, 0.29) is 11.4 Å². The summed E-state index contributed by atoms with van der Waals surface area (Å²) >= 11 is 0. The van der Waals surface area contributed by atoms with Crippen molar-refractivity contribution in [2.45, 2.75) is 11.7 Å². The number of imide groups is 1. The number of anilines is 1. The first-order valence-electron chi connectivity index (χ1n) is 7.09. The highest BCUT2D eigenvalue weighted by molar-refractivity contribution is 6.24. The molecular weight excluding hydrogens is 304 g/mol. The van der Waals surface area contributed by atoms with Gasteiger partial charge in [0.05, 0.1) is 29.5 Å². The molecule has 2 saturated heterocycles. The highest BCUT2D eigenvalue weighted by atomic mass is 16.6. The van der Waals surface area contributed by atoms with Gasteiger partial charge in [-0.05, 0) is 6.07 Å². The third-order valence-corrected chi connectivity index (χ3v) is 4.72. The predicted molar refractivity (Wildman–Crippen MR) is 76.4 cm³/mol. The minimum absolute atomic E-state index is 0.0469. The number of benzene rings is 1. The smallest absolute Gasteiger partial charge is 0.293 e. The Hall–Kier alpha value is -2.58. The number of nitro groups is 1. The Balaban J connectivity index is 1.82. The van der Waals surface area contributed by atoms with Crippen molar-refractivity contribution in [1.29, 1.82) is 0 Å². The van der Waals surface area contributed by atoms with Gasteiger partial charge in [-0.15, -0.1) is 0 Å². The van der Waals surface area contributed by atoms with Gasteiger partial charge in [0.2, 0.25) is 11.8 Å². The lowest BCUT2D eigenvalue weighted by Crippen LogP contribution is -2.43. The van der Waals surface area contributed by atoms with Gasteiger partial charge in [-0.25, -0.2) is 4.90 Å². The Labute approximate surface area is 130 Å². The van der Waals surface area contributed by atoms with Crippen LogP contribution in [0.5, 0.6) is 0 Å². The molecule has 0 unspecified atom stereocenters. The largest absolute Gasteiger partial charge is 0.393 e. The summed E-state index contributed by atoms with van der Waals surface area (Å²) in [5, 5.41) is 20.8. The van der Waals surface area contributed by atoms with E-state index < -0.39 is 46.9 Å². The molecule has 2 fully saturated rings. The molecule has 1 aromatic rings. The van der Waals surface area contributed by atoms with Crippen LogP contribution in [0.25, 0.3) is 0 Å². The molecule has 0 radical (unpaired) electrons. The molecule has 1 aromatic carbocycles. The van der Waals surface area contributed by atoms with Gasteiger partial charge in [-0.1, -0.05) is 24.3 Å². The predicted octanol–water partition coefficient (Wildman–Crippen LogP) is 0.400. The van der Waals surface area contributed by atoms with Gasteiger partial charge >= 0.3 is 0 Å². The number of aliphatic hydroxyl groups is 1. The normalized spacial score (nSPS) is 34.3. The molecule has 0 saturated carbocycles. The molecule has 8 heteroatoms. The van der Waals surface area contributed by atoms with E-state index in [1.807, 2.05) is 0 Å². The Morgan fingerprint density at radius 1 is 1.30 bits per heavy atom. The summed E-state index contributed by atoms with van der Waals surface area (Å²) in [6.45, 7) is -0.426. The topological polar surface area (TPSA) is 110 Å². The molecule has 2 bridgehead atoms. The molecular formula is C15H12N2O6. The Morgan fingerprint density at radius 2 is 2.04 bits per heavy atom. The molecule has 4 rings (SSSR count). The summed E-state index contributed by atoms with van der Waals surface area (Å²) in [5.74, 6) is -2.71. The van der Waals surface area contributed by atoms with Crippen molar-refractivity contribution < 1.29 is 24.4 Å². The molecule has 0 aliphatic carbocycles. The van der Waals surface area contributed by atoms with Crippen molar-refractivity contribution in [3.05, 3.63) is 46.5 Å². The molecule has 3 aliphatic rings. The van der Waals surface area contributed by atoms with Gasteiger partial charge in [0.1, 0.15) is 11.3 Å². The first kappa shape index (κ1) is 14.0. The van der Waals surface area contributed by atoms with Crippen molar-refractivity contribution in [3.63, 3.8) is 0 Å². The molecule has 4 atom stereocenters. The fourth-order valence-corrected chi connectivity index (χ4v) is 3.73. The fourth-order valence-electron chi connectivity index (χ4n) is 3.73. The maximum atomic E-state index is 12.8. The Morgan fingerprint density at radius 3 is 2.74 bits per heavy atom. The maximum absolute atomic E-state index is 12.8. The zero-order chi connectivity index (χ0) is 16.4. The van der Waals surface area contributed by atoms with Crippen LogP contribution in [0.4, 0.5) is 11.4 Å². The SMILES string of the molecule is O=C1[C@@H]2[C@@H](C(=O)N1c1ccccc1[N+](=O)[O-])[C@]1(CO)C=C[C@H]2O1. The van der Waals surface area contributed by atoms with Crippen molar-refractivity contribution in [1.82, 2.24) is 0 Å². The van der Waals surface area contributed by atoms with Crippen LogP contribution in [0.1, 0.15) is 0 Å². The number of rotatable bonds is 3. The Kier molecular flexibility index (Phi) is 2.72. The van der Waals surface area contributed by atoms with Gasteiger partial charge in [-0.3, -0.25) is 19.7 Å². The van der Waals surface area contributed by atoms with E-state index in [2.05, 4.69) is 0 Å². The lowest BCUT2D eigenvalue weighted by molar-refractivity contribution is -0.384. The second-order valence-electron chi connectivity index (χ2n) is 5.82. The number of nitro benzene ring substituents is 1. The fraction of sp³-hybridized carbons (Fsp3) is 0.333. The van der Waals surface area contributed by atoms with Crippen molar-refractivity contribution >= 4 is 23.2 Å². The molecule has 118 valence electrons. The van der Waals surface area contributed by atoms with Gasteiger partial charge < -0.3 is 9.84 Å². The summed E-state index contributed by atoms with van der Waals surface area (Å²) in [4.78, 5) is 36.9. The monoisotopic (exact) mass is 316 g/mol. The van der Waals surface area contributed by atoms with Crippen LogP contribution < -0.4 is 4.90 Å². The first-order chi connectivity index (χ1) is 11.0. The zero-order valence-corrected chi connectivity index (χ0v) is 11.8. The third kappa shape index (κ3) is 1.61. The summed E-state index contributed by atoms with van der Waals surface area (Å²) < 4.78 is 5.62. The number of ether oxygens (including phenoxy) is 1. The molecule has 2 amide bonds. The van der Waals surface area contributed by atoms with Gasteiger partial charge in [-0.2, -0.15) is 0 Å². The standard InChI is InChI=1S/C15H12N2O6/c18-7-15-6-5-10(23-15)11-12(15)14(20)16(13(11)19)8-3-1-2-4-9(8)17(21)22/h1-6,10-12,18H,7H2/t10-,11+,12+,15-/m1/s1. The third-order valence-electron chi connectivity index (χ3n) is 4.72. The first-order valence-corrected chi connectivity index (χ1v) is 7.09. The number of aliphatic hydroxyl groups excluding tert-OH is 1. The summed E-state index contributed by atoms with van der Waals surface area (Å²) in [7, 11) is 0. The van der Waals surface area contributed by atoms with Gasteiger partial charge in [0.25, 0.3) is 5.69 Å². The van der Waals surface area contributed by atoms with Crippen LogP contribution in [0, 0.1) is 22.0 Å².